The molecule has 5 nitrogen and oxygen atoms in total. The number of aryl methyl sites for hydroxylation is 1. The molecule has 1 aliphatic rings. The quantitative estimate of drug-likeness (QED) is 0.450. The van der Waals surface area contributed by atoms with Crippen LogP contribution in [0.5, 0.6) is 0 Å². The van der Waals surface area contributed by atoms with E-state index >= 15 is 0 Å². The molecule has 0 saturated carbocycles. The first-order valence-electron chi connectivity index (χ1n) is 5.85. The van der Waals surface area contributed by atoms with Gasteiger partial charge in [-0.2, -0.15) is 0 Å². The molecule has 98 valence electrons. The van der Waals surface area contributed by atoms with Crippen molar-refractivity contribution in [3.63, 3.8) is 0 Å². The molecule has 19 heavy (non-hydrogen) atoms. The zero-order valence-electron chi connectivity index (χ0n) is 10.9. The maximum Gasteiger partial charge on any atom is 0.302 e. The van der Waals surface area contributed by atoms with Gasteiger partial charge in [0.05, 0.1) is 5.69 Å². The summed E-state index contributed by atoms with van der Waals surface area (Å²) in [5, 5.41) is 0. The summed E-state index contributed by atoms with van der Waals surface area (Å²) in [6.45, 7) is 4.74. The lowest BCUT2D eigenvalue weighted by molar-refractivity contribution is -0.139. The Morgan fingerprint density at radius 2 is 1.79 bits per heavy atom. The fourth-order valence-electron chi connectivity index (χ4n) is 2.14. The molecule has 1 atom stereocenters. The highest BCUT2D eigenvalue weighted by Crippen LogP contribution is 2.29. The van der Waals surface area contributed by atoms with Crippen LogP contribution in [0.3, 0.4) is 0 Å². The molecule has 1 saturated heterocycles. The van der Waals surface area contributed by atoms with Gasteiger partial charge < -0.3 is 0 Å². The van der Waals surface area contributed by atoms with E-state index in [0.29, 0.717) is 5.69 Å². The van der Waals surface area contributed by atoms with E-state index in [1.165, 1.54) is 0 Å². The van der Waals surface area contributed by atoms with Gasteiger partial charge in [0, 0.05) is 0 Å². The summed E-state index contributed by atoms with van der Waals surface area (Å²) < 4.78 is 0. The fourth-order valence-corrected chi connectivity index (χ4v) is 2.14. The van der Waals surface area contributed by atoms with Crippen molar-refractivity contribution in [2.75, 3.05) is 4.90 Å². The highest BCUT2D eigenvalue weighted by Gasteiger charge is 2.50. The molecule has 0 N–H and O–H groups in total. The smallest absolute Gasteiger partial charge is 0.299 e. The Labute approximate surface area is 110 Å². The lowest BCUT2D eigenvalue weighted by Gasteiger charge is -2.17. The molecule has 0 aromatic heterocycles. The lowest BCUT2D eigenvalue weighted by Crippen LogP contribution is -2.32. The second-order valence-electron chi connectivity index (χ2n) is 4.61. The van der Waals surface area contributed by atoms with Gasteiger partial charge in [0.25, 0.3) is 5.91 Å². The number of ketones is 2. The number of Topliss-reactive ketones (excluding diaryl/α,β-unsaturated/α-hetero) is 2. The molecular weight excluding hydrogens is 246 g/mol. The maximum atomic E-state index is 12.1. The highest BCUT2D eigenvalue weighted by atomic mass is 16.2. The zero-order chi connectivity index (χ0) is 14.3. The van der Waals surface area contributed by atoms with E-state index in [-0.39, 0.29) is 0 Å². The molecule has 0 radical (unpaired) electrons. The maximum absolute atomic E-state index is 12.1. The van der Waals surface area contributed by atoms with Crippen molar-refractivity contribution in [1.82, 2.24) is 0 Å². The molecular formula is C14H13NO4. The third-order valence-electron chi connectivity index (χ3n) is 3.37. The van der Waals surface area contributed by atoms with E-state index in [2.05, 4.69) is 0 Å². The molecule has 0 spiro atoms. The molecule has 1 aromatic rings. The van der Waals surface area contributed by atoms with E-state index in [9.17, 15) is 19.2 Å². The first-order chi connectivity index (χ1) is 8.86. The van der Waals surface area contributed by atoms with Crippen LogP contribution in [0.1, 0.15) is 18.1 Å². The van der Waals surface area contributed by atoms with Gasteiger partial charge in [-0.15, -0.1) is 0 Å². The number of carbonyl (C=O) groups excluding carboxylic acids is 4. The predicted molar refractivity (Wildman–Crippen MR) is 67.6 cm³/mol. The average Bonchev–Trinajstić information content (AvgIpc) is 2.55. The minimum Gasteiger partial charge on any atom is -0.299 e. The van der Waals surface area contributed by atoms with Gasteiger partial charge in [-0.05, 0) is 38.0 Å². The summed E-state index contributed by atoms with van der Waals surface area (Å²) in [5.74, 6) is -4.71. The van der Waals surface area contributed by atoms with Gasteiger partial charge in [-0.1, -0.05) is 12.1 Å². The lowest BCUT2D eigenvalue weighted by atomic mass is 10.0. The molecule has 0 aliphatic carbocycles. The SMILES string of the molecule is CC(=O)[C@H]1C(=O)C(=O)N(c2cccc(C)c2C)C1=O. The fraction of sp³-hybridized carbons (Fsp3) is 0.286. The second-order valence-corrected chi connectivity index (χ2v) is 4.61. The highest BCUT2D eigenvalue weighted by molar-refractivity contribution is 6.59. The summed E-state index contributed by atoms with van der Waals surface area (Å²) in [5.41, 5.74) is 2.00. The van der Waals surface area contributed by atoms with Crippen LogP contribution < -0.4 is 4.90 Å². The second kappa shape index (κ2) is 4.42. The van der Waals surface area contributed by atoms with Gasteiger partial charge in [0.2, 0.25) is 5.78 Å². The molecule has 2 rings (SSSR count). The van der Waals surface area contributed by atoms with Crippen molar-refractivity contribution in [2.45, 2.75) is 20.8 Å². The van der Waals surface area contributed by atoms with Gasteiger partial charge in [-0.25, -0.2) is 4.90 Å². The minimum atomic E-state index is -1.48. The molecule has 1 aliphatic heterocycles. The number of nitrogens with zero attached hydrogens (tertiary/aromatic N) is 1. The van der Waals surface area contributed by atoms with E-state index in [1.807, 2.05) is 13.0 Å². The molecule has 0 unspecified atom stereocenters. The van der Waals surface area contributed by atoms with Crippen molar-refractivity contribution in [1.29, 1.82) is 0 Å². The summed E-state index contributed by atoms with van der Waals surface area (Å²) in [7, 11) is 0. The van der Waals surface area contributed by atoms with Crippen LogP contribution in [0, 0.1) is 19.8 Å². The molecule has 0 bridgehead atoms. The molecule has 5 heteroatoms. The van der Waals surface area contributed by atoms with Crippen molar-refractivity contribution in [3.8, 4) is 0 Å². The largest absolute Gasteiger partial charge is 0.302 e. The van der Waals surface area contributed by atoms with Crippen molar-refractivity contribution < 1.29 is 19.2 Å². The number of carbonyl (C=O) groups is 4. The number of rotatable bonds is 2. The number of anilines is 1. The van der Waals surface area contributed by atoms with Crippen molar-refractivity contribution >= 4 is 29.1 Å². The van der Waals surface area contributed by atoms with Crippen LogP contribution in [0.2, 0.25) is 0 Å². The van der Waals surface area contributed by atoms with Crippen molar-refractivity contribution in [2.24, 2.45) is 5.92 Å². The van der Waals surface area contributed by atoms with Crippen LogP contribution in [0.4, 0.5) is 5.69 Å². The third-order valence-corrected chi connectivity index (χ3v) is 3.37. The Morgan fingerprint density at radius 3 is 2.32 bits per heavy atom. The van der Waals surface area contributed by atoms with Gasteiger partial charge in [0.1, 0.15) is 5.78 Å². The van der Waals surface area contributed by atoms with E-state index in [1.54, 1.807) is 19.1 Å². The van der Waals surface area contributed by atoms with Crippen molar-refractivity contribution in [3.05, 3.63) is 29.3 Å². The van der Waals surface area contributed by atoms with E-state index in [0.717, 1.165) is 23.0 Å². The standard InChI is InChI=1S/C14H13NO4/c1-7-5-4-6-10(8(7)2)15-13(18)11(9(3)16)12(17)14(15)19/h4-6,11H,1-3H3/t11-/m0/s1. The van der Waals surface area contributed by atoms with Crippen LogP contribution in [-0.4, -0.2) is 23.4 Å². The monoisotopic (exact) mass is 259 g/mol. The number of hydrogen-bond acceptors (Lipinski definition) is 4. The molecule has 1 fully saturated rings. The Hall–Kier alpha value is -2.30. The van der Waals surface area contributed by atoms with Gasteiger partial charge in [0.15, 0.2) is 5.92 Å². The Balaban J connectivity index is 2.55. The average molecular weight is 259 g/mol. The summed E-state index contributed by atoms with van der Waals surface area (Å²) in [6.07, 6.45) is 0. The number of imide groups is 1. The van der Waals surface area contributed by atoms with Gasteiger partial charge >= 0.3 is 5.91 Å². The van der Waals surface area contributed by atoms with Crippen LogP contribution in [0.15, 0.2) is 18.2 Å². The first kappa shape index (κ1) is 13.1. The Morgan fingerprint density at radius 1 is 1.16 bits per heavy atom. The van der Waals surface area contributed by atoms with Crippen LogP contribution >= 0.6 is 0 Å². The van der Waals surface area contributed by atoms with E-state index < -0.39 is 29.3 Å². The molecule has 2 amide bonds. The Kier molecular flexibility index (Phi) is 3.06. The predicted octanol–water partition coefficient (Wildman–Crippen LogP) is 0.951. The number of hydrogen-bond donors (Lipinski definition) is 0. The Bertz CT molecular complexity index is 618. The zero-order valence-corrected chi connectivity index (χ0v) is 10.9. The summed E-state index contributed by atoms with van der Waals surface area (Å²) in [4.78, 5) is 47.8. The van der Waals surface area contributed by atoms with Crippen LogP contribution in [-0.2, 0) is 19.2 Å². The number of benzene rings is 1. The normalized spacial score (nSPS) is 19.2. The number of amides is 2. The topological polar surface area (TPSA) is 71.5 Å². The third kappa shape index (κ3) is 1.87. The summed E-state index contributed by atoms with van der Waals surface area (Å²) >= 11 is 0. The summed E-state index contributed by atoms with van der Waals surface area (Å²) in [6, 6.07) is 5.13. The van der Waals surface area contributed by atoms with Gasteiger partial charge in [-0.3, -0.25) is 19.2 Å². The first-order valence-corrected chi connectivity index (χ1v) is 5.85. The van der Waals surface area contributed by atoms with Crippen LogP contribution in [0.25, 0.3) is 0 Å². The van der Waals surface area contributed by atoms with E-state index in [4.69, 9.17) is 0 Å². The molecule has 1 aromatic carbocycles. The minimum absolute atomic E-state index is 0.368. The molecule has 1 heterocycles.